The van der Waals surface area contributed by atoms with Gasteiger partial charge >= 0.3 is 0 Å². The molecular weight excluding hydrogens is 440 g/mol. The van der Waals surface area contributed by atoms with Gasteiger partial charge in [-0.15, -0.1) is 0 Å². The van der Waals surface area contributed by atoms with Crippen molar-refractivity contribution in [3.05, 3.63) is 69.3 Å². The molecule has 184 valence electrons. The highest BCUT2D eigenvalue weighted by Gasteiger charge is 2.28. The Balaban J connectivity index is 1.47. The first-order valence-electron chi connectivity index (χ1n) is 12.8. The molecule has 0 atom stereocenters. The SMILES string of the molecule is CC(C)NC(=O)c1cn(CC2CCCCC2)cc(C(=O)N2CCc3c([nH]c4ccccc34)C2)c1=O. The van der Waals surface area contributed by atoms with Crippen molar-refractivity contribution in [2.75, 3.05) is 6.54 Å². The normalized spacial score (nSPS) is 16.5. The summed E-state index contributed by atoms with van der Waals surface area (Å²) >= 11 is 0. The number of nitrogens with zero attached hydrogens (tertiary/aromatic N) is 2. The van der Waals surface area contributed by atoms with Crippen LogP contribution in [0.1, 0.15) is 77.9 Å². The quantitative estimate of drug-likeness (QED) is 0.580. The molecule has 0 bridgehead atoms. The molecule has 0 radical (unpaired) electrons. The Hall–Kier alpha value is -3.35. The number of carbonyl (C=O) groups is 2. The average molecular weight is 475 g/mol. The molecule has 2 N–H and O–H groups in total. The summed E-state index contributed by atoms with van der Waals surface area (Å²) in [6.07, 6.45) is 9.99. The van der Waals surface area contributed by atoms with Crippen LogP contribution in [0.4, 0.5) is 0 Å². The van der Waals surface area contributed by atoms with Crippen LogP contribution < -0.4 is 10.7 Å². The number of para-hydroxylation sites is 1. The summed E-state index contributed by atoms with van der Waals surface area (Å²) in [5.41, 5.74) is 2.95. The number of hydrogen-bond donors (Lipinski definition) is 2. The maximum atomic E-state index is 13.7. The summed E-state index contributed by atoms with van der Waals surface area (Å²) in [5, 5.41) is 4.01. The van der Waals surface area contributed by atoms with Crippen LogP contribution in [0.15, 0.2) is 41.5 Å². The highest BCUT2D eigenvalue weighted by atomic mass is 16.2. The molecule has 1 aromatic carbocycles. The average Bonchev–Trinajstić information content (AvgIpc) is 3.22. The van der Waals surface area contributed by atoms with Gasteiger partial charge in [-0.3, -0.25) is 14.4 Å². The number of nitrogens with one attached hydrogen (secondary N) is 2. The van der Waals surface area contributed by atoms with Crippen molar-refractivity contribution in [3.8, 4) is 0 Å². The number of hydrogen-bond acceptors (Lipinski definition) is 3. The van der Waals surface area contributed by atoms with Crippen molar-refractivity contribution < 1.29 is 9.59 Å². The molecule has 0 saturated heterocycles. The Bertz CT molecular complexity index is 1310. The molecule has 2 aliphatic rings. The van der Waals surface area contributed by atoms with Gasteiger partial charge < -0.3 is 19.8 Å². The fraction of sp³-hybridized carbons (Fsp3) is 0.464. The zero-order valence-corrected chi connectivity index (χ0v) is 20.6. The molecule has 2 aromatic heterocycles. The van der Waals surface area contributed by atoms with Crippen LogP contribution in [0.25, 0.3) is 10.9 Å². The molecule has 3 heterocycles. The van der Waals surface area contributed by atoms with E-state index < -0.39 is 11.3 Å². The maximum absolute atomic E-state index is 13.7. The van der Waals surface area contributed by atoms with Gasteiger partial charge in [0.05, 0.1) is 6.54 Å². The number of H-pyrrole nitrogens is 1. The van der Waals surface area contributed by atoms with Gasteiger partial charge in [0.1, 0.15) is 11.1 Å². The molecule has 1 aliphatic carbocycles. The first-order valence-corrected chi connectivity index (χ1v) is 12.8. The van der Waals surface area contributed by atoms with E-state index in [-0.39, 0.29) is 23.1 Å². The fourth-order valence-corrected chi connectivity index (χ4v) is 5.60. The monoisotopic (exact) mass is 474 g/mol. The minimum absolute atomic E-state index is 0.0451. The zero-order valence-electron chi connectivity index (χ0n) is 20.6. The number of rotatable bonds is 5. The third-order valence-corrected chi connectivity index (χ3v) is 7.34. The summed E-state index contributed by atoms with van der Waals surface area (Å²) in [7, 11) is 0. The van der Waals surface area contributed by atoms with E-state index in [1.807, 2.05) is 36.6 Å². The van der Waals surface area contributed by atoms with Crippen molar-refractivity contribution in [1.29, 1.82) is 0 Å². The van der Waals surface area contributed by atoms with E-state index >= 15 is 0 Å². The summed E-state index contributed by atoms with van der Waals surface area (Å²) in [5.74, 6) is -0.233. The molecular formula is C28H34N4O3. The van der Waals surface area contributed by atoms with Gasteiger partial charge in [-0.05, 0) is 50.7 Å². The molecule has 2 amide bonds. The Labute approximate surface area is 205 Å². The lowest BCUT2D eigenvalue weighted by Gasteiger charge is -2.28. The number of aromatic nitrogens is 2. The van der Waals surface area contributed by atoms with E-state index in [4.69, 9.17) is 0 Å². The third-order valence-electron chi connectivity index (χ3n) is 7.34. The summed E-state index contributed by atoms with van der Waals surface area (Å²) in [6.45, 7) is 5.40. The van der Waals surface area contributed by atoms with Gasteiger partial charge in [-0.1, -0.05) is 37.5 Å². The smallest absolute Gasteiger partial charge is 0.259 e. The Morgan fingerprint density at radius 3 is 2.60 bits per heavy atom. The molecule has 0 unspecified atom stereocenters. The van der Waals surface area contributed by atoms with E-state index in [0.717, 1.165) is 30.5 Å². The molecule has 1 fully saturated rings. The summed E-state index contributed by atoms with van der Waals surface area (Å²) in [6, 6.07) is 8.06. The van der Waals surface area contributed by atoms with E-state index in [1.54, 1.807) is 17.3 Å². The van der Waals surface area contributed by atoms with E-state index in [0.29, 0.717) is 25.6 Å². The Morgan fingerprint density at radius 2 is 1.83 bits per heavy atom. The first kappa shape index (κ1) is 23.4. The van der Waals surface area contributed by atoms with Gasteiger partial charge in [0.15, 0.2) is 0 Å². The predicted molar refractivity (Wildman–Crippen MR) is 137 cm³/mol. The molecule has 35 heavy (non-hydrogen) atoms. The van der Waals surface area contributed by atoms with Crippen LogP contribution in [-0.4, -0.2) is 38.9 Å². The fourth-order valence-electron chi connectivity index (χ4n) is 5.60. The lowest BCUT2D eigenvalue weighted by molar-refractivity contribution is 0.0730. The van der Waals surface area contributed by atoms with Gasteiger partial charge in [0, 0.05) is 48.1 Å². The summed E-state index contributed by atoms with van der Waals surface area (Å²) in [4.78, 5) is 45.1. The molecule has 7 heteroatoms. The van der Waals surface area contributed by atoms with Crippen molar-refractivity contribution in [1.82, 2.24) is 19.8 Å². The van der Waals surface area contributed by atoms with E-state index in [2.05, 4.69) is 16.4 Å². The highest BCUT2D eigenvalue weighted by molar-refractivity contribution is 5.99. The van der Waals surface area contributed by atoms with Crippen molar-refractivity contribution in [2.45, 2.75) is 71.5 Å². The van der Waals surface area contributed by atoms with Crippen LogP contribution in [0.3, 0.4) is 0 Å². The molecule has 3 aromatic rings. The predicted octanol–water partition coefficient (Wildman–Crippen LogP) is 4.25. The number of fused-ring (bicyclic) bond motifs is 3. The van der Waals surface area contributed by atoms with Crippen LogP contribution in [0, 0.1) is 5.92 Å². The number of aromatic amines is 1. The highest BCUT2D eigenvalue weighted by Crippen LogP contribution is 2.28. The second kappa shape index (κ2) is 9.72. The minimum Gasteiger partial charge on any atom is -0.357 e. The lowest BCUT2D eigenvalue weighted by atomic mass is 9.89. The second-order valence-corrected chi connectivity index (χ2v) is 10.3. The Kier molecular flexibility index (Phi) is 6.50. The van der Waals surface area contributed by atoms with Crippen LogP contribution in [-0.2, 0) is 19.5 Å². The van der Waals surface area contributed by atoms with Crippen LogP contribution in [0.2, 0.25) is 0 Å². The van der Waals surface area contributed by atoms with Crippen molar-refractivity contribution >= 4 is 22.7 Å². The standard InChI is InChI=1S/C28H34N4O3/c1-18(2)29-27(34)22-15-31(14-19-8-4-3-5-9-19)16-23(26(22)33)28(35)32-13-12-21-20-10-6-7-11-24(20)30-25(21)17-32/h6-7,10-11,15-16,18-19,30H,3-5,8-9,12-14,17H2,1-2H3,(H,29,34). The topological polar surface area (TPSA) is 87.2 Å². The van der Waals surface area contributed by atoms with Crippen molar-refractivity contribution in [3.63, 3.8) is 0 Å². The number of carbonyl (C=O) groups excluding carboxylic acids is 2. The van der Waals surface area contributed by atoms with Crippen LogP contribution >= 0.6 is 0 Å². The second-order valence-electron chi connectivity index (χ2n) is 10.3. The van der Waals surface area contributed by atoms with Gasteiger partial charge in [0.25, 0.3) is 11.8 Å². The van der Waals surface area contributed by atoms with Crippen molar-refractivity contribution in [2.24, 2.45) is 5.92 Å². The van der Waals surface area contributed by atoms with Gasteiger partial charge in [0.2, 0.25) is 5.43 Å². The van der Waals surface area contributed by atoms with E-state index in [9.17, 15) is 14.4 Å². The summed E-state index contributed by atoms with van der Waals surface area (Å²) < 4.78 is 1.90. The molecule has 5 rings (SSSR count). The minimum atomic E-state index is -0.490. The third kappa shape index (κ3) is 4.77. The van der Waals surface area contributed by atoms with E-state index in [1.165, 1.54) is 30.2 Å². The number of pyridine rings is 1. The first-order chi connectivity index (χ1) is 16.9. The molecule has 0 spiro atoms. The Morgan fingerprint density at radius 1 is 1.09 bits per heavy atom. The maximum Gasteiger partial charge on any atom is 0.259 e. The van der Waals surface area contributed by atoms with Gasteiger partial charge in [-0.25, -0.2) is 0 Å². The lowest BCUT2D eigenvalue weighted by Crippen LogP contribution is -2.41. The molecule has 1 aliphatic heterocycles. The van der Waals surface area contributed by atoms with Crippen LogP contribution in [0.5, 0.6) is 0 Å². The van der Waals surface area contributed by atoms with Gasteiger partial charge in [-0.2, -0.15) is 0 Å². The molecule has 7 nitrogen and oxygen atoms in total. The largest absolute Gasteiger partial charge is 0.357 e. The molecule has 1 saturated carbocycles. The zero-order chi connectivity index (χ0) is 24.5. The number of benzene rings is 1. The number of amides is 2.